The minimum atomic E-state index is 0.488. The Balaban J connectivity index is 0.000000932. The van der Waals surface area contributed by atoms with E-state index in [2.05, 4.69) is 45.6 Å². The van der Waals surface area contributed by atoms with Crippen LogP contribution in [-0.4, -0.2) is 30.0 Å². The molecule has 0 aromatic carbocycles. The second-order valence-corrected chi connectivity index (χ2v) is 7.35. The summed E-state index contributed by atoms with van der Waals surface area (Å²) in [5, 5.41) is 8.17. The average molecular weight is 377 g/mol. The van der Waals surface area contributed by atoms with Gasteiger partial charge in [-0.1, -0.05) is 20.8 Å². The minimum Gasteiger partial charge on any atom is -0.350 e. The number of imidazole rings is 1. The van der Waals surface area contributed by atoms with Gasteiger partial charge in [0.15, 0.2) is 0 Å². The summed E-state index contributed by atoms with van der Waals surface area (Å²) < 4.78 is 3.94. The molecule has 146 valence electrons. The zero-order valence-corrected chi connectivity index (χ0v) is 16.8. The summed E-state index contributed by atoms with van der Waals surface area (Å²) in [7, 11) is 0. The molecule has 1 aliphatic carbocycles. The fourth-order valence-corrected chi connectivity index (χ4v) is 3.88. The van der Waals surface area contributed by atoms with Crippen molar-refractivity contribution in [2.45, 2.75) is 52.5 Å². The highest BCUT2D eigenvalue weighted by molar-refractivity contribution is 5.80. The summed E-state index contributed by atoms with van der Waals surface area (Å²) in [6, 6.07) is 6.70. The Morgan fingerprint density at radius 2 is 1.82 bits per heavy atom. The first-order valence-electron chi connectivity index (χ1n) is 10.3. The van der Waals surface area contributed by atoms with E-state index in [4.69, 9.17) is 0 Å². The molecule has 28 heavy (non-hydrogen) atoms. The van der Waals surface area contributed by atoms with Gasteiger partial charge in [-0.2, -0.15) is 0 Å². The first-order valence-corrected chi connectivity index (χ1v) is 10.3. The number of pyridine rings is 1. The zero-order valence-electron chi connectivity index (χ0n) is 16.8. The van der Waals surface area contributed by atoms with Crippen molar-refractivity contribution in [1.29, 1.82) is 0 Å². The summed E-state index contributed by atoms with van der Waals surface area (Å²) in [4.78, 5) is 8.87. The van der Waals surface area contributed by atoms with Crippen LogP contribution in [0, 0.1) is 5.92 Å². The molecular formula is C22H28N6. The molecule has 0 spiro atoms. The number of hydrogen-bond acceptors (Lipinski definition) is 4. The second-order valence-electron chi connectivity index (χ2n) is 7.35. The number of fused-ring (bicyclic) bond motifs is 2. The summed E-state index contributed by atoms with van der Waals surface area (Å²) in [6.45, 7) is 6.33. The van der Waals surface area contributed by atoms with Crippen molar-refractivity contribution in [1.82, 2.24) is 24.0 Å². The molecule has 4 aromatic heterocycles. The summed E-state index contributed by atoms with van der Waals surface area (Å²) in [5.41, 5.74) is 4.20. The van der Waals surface area contributed by atoms with Gasteiger partial charge in [0.2, 0.25) is 5.95 Å². The lowest BCUT2D eigenvalue weighted by Gasteiger charge is -2.26. The van der Waals surface area contributed by atoms with Crippen molar-refractivity contribution in [3.8, 4) is 11.1 Å². The maximum absolute atomic E-state index is 4.66. The van der Waals surface area contributed by atoms with Crippen LogP contribution in [0.3, 0.4) is 0 Å². The first kappa shape index (κ1) is 18.5. The molecule has 4 aromatic rings. The van der Waals surface area contributed by atoms with Crippen LogP contribution in [0.1, 0.15) is 46.5 Å². The van der Waals surface area contributed by atoms with Crippen LogP contribution < -0.4 is 5.32 Å². The lowest BCUT2D eigenvalue weighted by Crippen LogP contribution is -2.26. The van der Waals surface area contributed by atoms with Gasteiger partial charge < -0.3 is 9.72 Å². The summed E-state index contributed by atoms with van der Waals surface area (Å²) in [6.07, 6.45) is 14.7. The lowest BCUT2D eigenvalue weighted by atomic mass is 9.87. The van der Waals surface area contributed by atoms with Crippen molar-refractivity contribution in [3.05, 3.63) is 49.2 Å². The molecule has 0 amide bonds. The third-order valence-electron chi connectivity index (χ3n) is 5.47. The number of anilines is 1. The Morgan fingerprint density at radius 3 is 2.64 bits per heavy atom. The smallest absolute Gasteiger partial charge is 0.241 e. The third-order valence-corrected chi connectivity index (χ3v) is 5.47. The molecule has 0 atom stereocenters. The third kappa shape index (κ3) is 3.59. The van der Waals surface area contributed by atoms with Gasteiger partial charge in [0.1, 0.15) is 5.65 Å². The normalized spacial score (nSPS) is 19.4. The van der Waals surface area contributed by atoms with Crippen LogP contribution in [0.2, 0.25) is 0 Å². The van der Waals surface area contributed by atoms with E-state index >= 15 is 0 Å². The quantitative estimate of drug-likeness (QED) is 0.543. The maximum atomic E-state index is 4.66. The summed E-state index contributed by atoms with van der Waals surface area (Å²) >= 11 is 0. The van der Waals surface area contributed by atoms with Crippen LogP contribution >= 0.6 is 0 Å². The molecule has 1 N–H and O–H groups in total. The van der Waals surface area contributed by atoms with Gasteiger partial charge in [-0.25, -0.2) is 14.5 Å². The standard InChI is InChI=1S/C20H22N6.C2H6/c1-14-2-5-16(6-3-14)23-20-22-12-18-17(8-10-26(18)24-20)15-4-7-19-21-9-11-25(19)13-15;1-2/h4,7-14,16H,2-3,5-6H2,1H3,(H,23,24);1-2H3. The number of nitrogens with one attached hydrogen (secondary N) is 1. The molecule has 0 bridgehead atoms. The largest absolute Gasteiger partial charge is 0.350 e. The Hall–Kier alpha value is -2.89. The molecule has 0 radical (unpaired) electrons. The second kappa shape index (κ2) is 8.00. The van der Waals surface area contributed by atoms with E-state index in [1.807, 2.05) is 53.6 Å². The van der Waals surface area contributed by atoms with Crippen LogP contribution in [0.25, 0.3) is 22.3 Å². The molecule has 6 heteroatoms. The van der Waals surface area contributed by atoms with E-state index < -0.39 is 0 Å². The molecule has 1 fully saturated rings. The van der Waals surface area contributed by atoms with E-state index in [1.165, 1.54) is 25.7 Å². The Morgan fingerprint density at radius 1 is 1.00 bits per heavy atom. The Labute approximate surface area is 165 Å². The monoisotopic (exact) mass is 376 g/mol. The number of hydrogen-bond donors (Lipinski definition) is 1. The van der Waals surface area contributed by atoms with Gasteiger partial charge in [-0.3, -0.25) is 0 Å². The highest BCUT2D eigenvalue weighted by atomic mass is 15.3. The molecule has 0 saturated heterocycles. The molecule has 1 aliphatic rings. The van der Waals surface area contributed by atoms with E-state index in [0.717, 1.165) is 28.2 Å². The van der Waals surface area contributed by atoms with Gasteiger partial charge in [-0.05, 0) is 49.8 Å². The minimum absolute atomic E-state index is 0.488. The number of nitrogens with zero attached hydrogens (tertiary/aromatic N) is 5. The molecule has 0 aliphatic heterocycles. The Bertz CT molecular complexity index is 1060. The van der Waals surface area contributed by atoms with Crippen molar-refractivity contribution in [3.63, 3.8) is 0 Å². The highest BCUT2D eigenvalue weighted by Gasteiger charge is 2.19. The fourth-order valence-electron chi connectivity index (χ4n) is 3.88. The molecule has 5 rings (SSSR count). The van der Waals surface area contributed by atoms with Crippen molar-refractivity contribution in [2.75, 3.05) is 5.32 Å². The van der Waals surface area contributed by atoms with Crippen LogP contribution in [0.4, 0.5) is 5.95 Å². The predicted molar refractivity (Wildman–Crippen MR) is 114 cm³/mol. The van der Waals surface area contributed by atoms with Gasteiger partial charge >= 0.3 is 0 Å². The molecule has 4 heterocycles. The van der Waals surface area contributed by atoms with Crippen molar-refractivity contribution >= 4 is 17.1 Å². The number of aromatic nitrogens is 5. The average Bonchev–Trinajstić information content (AvgIpc) is 3.37. The van der Waals surface area contributed by atoms with E-state index in [0.29, 0.717) is 12.0 Å². The fraction of sp³-hybridized carbons (Fsp3) is 0.409. The highest BCUT2D eigenvalue weighted by Crippen LogP contribution is 2.27. The maximum Gasteiger partial charge on any atom is 0.241 e. The Kier molecular flexibility index (Phi) is 5.28. The van der Waals surface area contributed by atoms with Crippen LogP contribution in [0.15, 0.2) is 49.2 Å². The predicted octanol–water partition coefficient (Wildman–Crippen LogP) is 5.06. The van der Waals surface area contributed by atoms with Gasteiger partial charge in [-0.15, -0.1) is 5.10 Å². The first-order chi connectivity index (χ1) is 13.8. The van der Waals surface area contributed by atoms with E-state index in [9.17, 15) is 0 Å². The van der Waals surface area contributed by atoms with E-state index in [1.54, 1.807) is 0 Å². The molecule has 1 saturated carbocycles. The van der Waals surface area contributed by atoms with Crippen LogP contribution in [-0.2, 0) is 0 Å². The van der Waals surface area contributed by atoms with Crippen molar-refractivity contribution < 1.29 is 0 Å². The molecule has 0 unspecified atom stereocenters. The topological polar surface area (TPSA) is 59.5 Å². The summed E-state index contributed by atoms with van der Waals surface area (Å²) in [5.74, 6) is 1.56. The SMILES string of the molecule is CC.CC1CCC(Nc2ncc3c(-c4ccc5nccn5c4)ccn3n2)CC1. The van der Waals surface area contributed by atoms with Crippen molar-refractivity contribution in [2.24, 2.45) is 5.92 Å². The van der Waals surface area contributed by atoms with Gasteiger partial charge in [0.25, 0.3) is 0 Å². The number of rotatable bonds is 3. The van der Waals surface area contributed by atoms with Crippen LogP contribution in [0.5, 0.6) is 0 Å². The molecule has 6 nitrogen and oxygen atoms in total. The van der Waals surface area contributed by atoms with E-state index in [-0.39, 0.29) is 0 Å². The van der Waals surface area contributed by atoms with Gasteiger partial charge in [0, 0.05) is 42.0 Å². The molecular weight excluding hydrogens is 348 g/mol. The van der Waals surface area contributed by atoms with Gasteiger partial charge in [0.05, 0.1) is 11.7 Å². The lowest BCUT2D eigenvalue weighted by molar-refractivity contribution is 0.360. The zero-order chi connectivity index (χ0) is 19.5.